The van der Waals surface area contributed by atoms with Crippen LogP contribution in [0.3, 0.4) is 0 Å². The first-order valence-electron chi connectivity index (χ1n) is 13.5. The van der Waals surface area contributed by atoms with Gasteiger partial charge < -0.3 is 10.2 Å². The molecule has 0 radical (unpaired) electrons. The minimum absolute atomic E-state index is 0.00755. The zero-order valence-corrected chi connectivity index (χ0v) is 23.8. The van der Waals surface area contributed by atoms with Crippen molar-refractivity contribution in [2.45, 2.75) is 49.0 Å². The topological polar surface area (TPSA) is 86.8 Å². The van der Waals surface area contributed by atoms with E-state index in [1.165, 1.54) is 35.5 Å². The van der Waals surface area contributed by atoms with Crippen LogP contribution in [0.1, 0.15) is 48.5 Å². The summed E-state index contributed by atoms with van der Waals surface area (Å²) in [7, 11) is -4.08. The molecule has 2 aliphatic heterocycles. The molecular formula is C30H28ClF2N3O4S. The van der Waals surface area contributed by atoms with Crippen molar-refractivity contribution < 1.29 is 26.8 Å². The molecule has 41 heavy (non-hydrogen) atoms. The van der Waals surface area contributed by atoms with Crippen LogP contribution in [0.4, 0.5) is 20.2 Å². The van der Waals surface area contributed by atoms with Gasteiger partial charge in [-0.05, 0) is 97.8 Å². The summed E-state index contributed by atoms with van der Waals surface area (Å²) in [6.45, 7) is 2.46. The van der Waals surface area contributed by atoms with Gasteiger partial charge in [-0.15, -0.1) is 0 Å². The van der Waals surface area contributed by atoms with E-state index in [0.717, 1.165) is 36.6 Å². The van der Waals surface area contributed by atoms with Crippen molar-refractivity contribution in [3.63, 3.8) is 0 Å². The average Bonchev–Trinajstić information content (AvgIpc) is 3.74. The highest BCUT2D eigenvalue weighted by atomic mass is 35.5. The number of anilines is 2. The maximum Gasteiger partial charge on any atom is 0.264 e. The highest BCUT2D eigenvalue weighted by Crippen LogP contribution is 2.59. The molecule has 3 aliphatic rings. The Kier molecular flexibility index (Phi) is 6.81. The molecule has 2 fully saturated rings. The number of halogens is 3. The molecule has 1 aliphatic carbocycles. The number of carbonyl (C=O) groups is 2. The lowest BCUT2D eigenvalue weighted by Crippen LogP contribution is -2.54. The molecule has 1 saturated carbocycles. The van der Waals surface area contributed by atoms with Gasteiger partial charge in [0, 0.05) is 31.1 Å². The highest BCUT2D eigenvalue weighted by Gasteiger charge is 2.60. The predicted molar refractivity (Wildman–Crippen MR) is 152 cm³/mol. The number of hydrogen-bond donors (Lipinski definition) is 1. The molecule has 6 rings (SSSR count). The van der Waals surface area contributed by atoms with Crippen molar-refractivity contribution in [2.24, 2.45) is 5.92 Å². The summed E-state index contributed by atoms with van der Waals surface area (Å²) in [5.41, 5.74) is 1.06. The van der Waals surface area contributed by atoms with Crippen molar-refractivity contribution in [3.05, 3.63) is 88.4 Å². The van der Waals surface area contributed by atoms with Gasteiger partial charge in [-0.1, -0.05) is 11.6 Å². The first-order valence-corrected chi connectivity index (χ1v) is 15.3. The first-order chi connectivity index (χ1) is 19.5. The molecule has 1 spiro atoms. The Morgan fingerprint density at radius 1 is 0.951 bits per heavy atom. The van der Waals surface area contributed by atoms with E-state index in [-0.39, 0.29) is 27.3 Å². The SMILES string of the molecule is CC(=O)N1CCC2(CC1)c1cc(NC(=O)c3cc(F)ccc3Cl)ccc1N(S(=O)(=O)c1ccc(F)cc1)C2C1CC1. The number of hydrogen-bond acceptors (Lipinski definition) is 4. The highest BCUT2D eigenvalue weighted by molar-refractivity contribution is 7.92. The monoisotopic (exact) mass is 599 g/mol. The summed E-state index contributed by atoms with van der Waals surface area (Å²) in [5, 5.41) is 2.89. The second-order valence-electron chi connectivity index (χ2n) is 11.0. The molecule has 1 saturated heterocycles. The lowest BCUT2D eigenvalue weighted by molar-refractivity contribution is -0.130. The van der Waals surface area contributed by atoms with Gasteiger partial charge in [0.1, 0.15) is 11.6 Å². The van der Waals surface area contributed by atoms with Gasteiger partial charge in [-0.3, -0.25) is 13.9 Å². The second kappa shape index (κ2) is 10.1. The summed E-state index contributed by atoms with van der Waals surface area (Å²) < 4.78 is 57.4. The lowest BCUT2D eigenvalue weighted by atomic mass is 9.68. The number of sulfonamides is 1. The Balaban J connectivity index is 1.46. The number of nitrogens with zero attached hydrogens (tertiary/aromatic N) is 2. The van der Waals surface area contributed by atoms with Crippen LogP contribution in [0.2, 0.25) is 5.02 Å². The van der Waals surface area contributed by atoms with E-state index in [1.54, 1.807) is 23.1 Å². The summed E-state index contributed by atoms with van der Waals surface area (Å²) in [6, 6.07) is 13.0. The predicted octanol–water partition coefficient (Wildman–Crippen LogP) is 5.74. The Morgan fingerprint density at radius 2 is 1.61 bits per heavy atom. The van der Waals surface area contributed by atoms with E-state index in [4.69, 9.17) is 11.6 Å². The molecule has 0 bridgehead atoms. The van der Waals surface area contributed by atoms with Crippen molar-refractivity contribution in [1.29, 1.82) is 0 Å². The van der Waals surface area contributed by atoms with Crippen molar-refractivity contribution in [1.82, 2.24) is 4.90 Å². The number of piperidine rings is 1. The van der Waals surface area contributed by atoms with Gasteiger partial charge >= 0.3 is 0 Å². The Hall–Kier alpha value is -3.50. The number of rotatable bonds is 5. The number of nitrogens with one attached hydrogen (secondary N) is 1. The lowest BCUT2D eigenvalue weighted by Gasteiger charge is -2.45. The van der Waals surface area contributed by atoms with Crippen LogP contribution in [-0.2, 0) is 20.2 Å². The summed E-state index contributed by atoms with van der Waals surface area (Å²) in [5.74, 6) is -1.65. The third kappa shape index (κ3) is 4.76. The van der Waals surface area contributed by atoms with Crippen LogP contribution >= 0.6 is 11.6 Å². The molecule has 11 heteroatoms. The molecule has 3 aromatic carbocycles. The molecular weight excluding hydrogens is 572 g/mol. The minimum atomic E-state index is -4.08. The zero-order valence-electron chi connectivity index (χ0n) is 22.2. The third-order valence-electron chi connectivity index (χ3n) is 8.56. The molecule has 1 N–H and O–H groups in total. The Bertz CT molecular complexity index is 1650. The summed E-state index contributed by atoms with van der Waals surface area (Å²) in [6.07, 6.45) is 2.83. The average molecular weight is 600 g/mol. The Morgan fingerprint density at radius 3 is 2.24 bits per heavy atom. The van der Waals surface area contributed by atoms with Crippen LogP contribution in [-0.4, -0.2) is 44.3 Å². The van der Waals surface area contributed by atoms with Crippen LogP contribution in [0.5, 0.6) is 0 Å². The fourth-order valence-electron chi connectivity index (χ4n) is 6.45. The molecule has 0 aromatic heterocycles. The number of benzene rings is 3. The van der Waals surface area contributed by atoms with Crippen LogP contribution in [0.15, 0.2) is 65.6 Å². The first kappa shape index (κ1) is 27.7. The van der Waals surface area contributed by atoms with Gasteiger partial charge in [-0.2, -0.15) is 0 Å². The number of amides is 2. The number of likely N-dealkylation sites (tertiary alicyclic amines) is 1. The maximum atomic E-state index is 14.2. The zero-order chi connectivity index (χ0) is 29.1. The standard InChI is InChI=1S/C30H28ClF2N3O4S/c1-18(37)35-14-12-30(13-15-35)25-17-22(34-29(38)24-16-21(33)6-10-26(24)31)7-11-27(25)36(28(30)19-2-3-19)41(39,40)23-8-4-20(32)5-9-23/h4-11,16-17,19,28H,2-3,12-15H2,1H3,(H,34,38). The van der Waals surface area contributed by atoms with Gasteiger partial charge in [0.15, 0.2) is 0 Å². The van der Waals surface area contributed by atoms with Crippen LogP contribution in [0, 0.1) is 17.6 Å². The Labute approximate surface area is 242 Å². The van der Waals surface area contributed by atoms with E-state index in [1.807, 2.05) is 0 Å². The van der Waals surface area contributed by atoms with Gasteiger partial charge in [0.05, 0.1) is 27.2 Å². The number of fused-ring (bicyclic) bond motifs is 2. The smallest absolute Gasteiger partial charge is 0.264 e. The normalized spacial score (nSPS) is 19.8. The van der Waals surface area contributed by atoms with E-state index in [0.29, 0.717) is 37.3 Å². The molecule has 2 heterocycles. The van der Waals surface area contributed by atoms with Crippen molar-refractivity contribution >= 4 is 44.8 Å². The quantitative estimate of drug-likeness (QED) is 0.405. The molecule has 3 aromatic rings. The van der Waals surface area contributed by atoms with Gasteiger partial charge in [0.25, 0.3) is 15.9 Å². The largest absolute Gasteiger partial charge is 0.343 e. The van der Waals surface area contributed by atoms with Gasteiger partial charge in [-0.25, -0.2) is 17.2 Å². The summed E-state index contributed by atoms with van der Waals surface area (Å²) in [4.78, 5) is 27.0. The molecule has 214 valence electrons. The van der Waals surface area contributed by atoms with E-state index >= 15 is 0 Å². The van der Waals surface area contributed by atoms with Crippen molar-refractivity contribution in [3.8, 4) is 0 Å². The van der Waals surface area contributed by atoms with E-state index < -0.39 is 39.0 Å². The second-order valence-corrected chi connectivity index (χ2v) is 13.2. The van der Waals surface area contributed by atoms with E-state index in [2.05, 4.69) is 5.32 Å². The fourth-order valence-corrected chi connectivity index (χ4v) is 8.45. The van der Waals surface area contributed by atoms with Crippen LogP contribution in [0.25, 0.3) is 0 Å². The molecule has 1 unspecified atom stereocenters. The summed E-state index contributed by atoms with van der Waals surface area (Å²) >= 11 is 6.15. The number of carbonyl (C=O) groups excluding carboxylic acids is 2. The van der Waals surface area contributed by atoms with Crippen LogP contribution < -0.4 is 9.62 Å². The van der Waals surface area contributed by atoms with E-state index in [9.17, 15) is 26.8 Å². The third-order valence-corrected chi connectivity index (χ3v) is 10.7. The molecule has 1 atom stereocenters. The molecule has 2 amide bonds. The van der Waals surface area contributed by atoms with Gasteiger partial charge in [0.2, 0.25) is 5.91 Å². The maximum absolute atomic E-state index is 14.2. The molecule has 7 nitrogen and oxygen atoms in total. The minimum Gasteiger partial charge on any atom is -0.343 e. The fraction of sp³-hybridized carbons (Fsp3) is 0.333. The van der Waals surface area contributed by atoms with Crippen molar-refractivity contribution in [2.75, 3.05) is 22.7 Å².